The number of aliphatic hydroxyl groups excluding tert-OH is 1. The Morgan fingerprint density at radius 2 is 2.19 bits per heavy atom. The number of amides is 1. The third kappa shape index (κ3) is 6.19. The van der Waals surface area contributed by atoms with Gasteiger partial charge in [-0.05, 0) is 12.5 Å². The van der Waals surface area contributed by atoms with Crippen molar-refractivity contribution < 1.29 is 23.1 Å². The number of alkyl halides is 3. The minimum Gasteiger partial charge on any atom is -0.395 e. The van der Waals surface area contributed by atoms with Crippen LogP contribution in [0.4, 0.5) is 13.2 Å². The van der Waals surface area contributed by atoms with Crippen molar-refractivity contribution in [2.24, 2.45) is 0 Å². The number of nitrogens with zero attached hydrogens (tertiary/aromatic N) is 1. The molecule has 0 aliphatic heterocycles. The first-order chi connectivity index (χ1) is 9.87. The molecule has 0 radical (unpaired) electrons. The molecule has 0 bridgehead atoms. The van der Waals surface area contributed by atoms with Gasteiger partial charge >= 0.3 is 6.18 Å². The second kappa shape index (κ2) is 8.05. The van der Waals surface area contributed by atoms with Gasteiger partial charge in [0, 0.05) is 18.3 Å². The molecule has 1 amide bonds. The Labute approximate surface area is 125 Å². The van der Waals surface area contributed by atoms with Crippen molar-refractivity contribution in [3.8, 4) is 11.8 Å². The first kappa shape index (κ1) is 17.5. The molecule has 1 rings (SSSR count). The van der Waals surface area contributed by atoms with E-state index >= 15 is 0 Å². The summed E-state index contributed by atoms with van der Waals surface area (Å²) in [5.74, 6) is 4.82. The van der Waals surface area contributed by atoms with Crippen LogP contribution in [0.5, 0.6) is 0 Å². The van der Waals surface area contributed by atoms with Crippen LogP contribution in [0.15, 0.2) is 11.4 Å². The molecule has 0 fully saturated rings. The van der Waals surface area contributed by atoms with E-state index in [-0.39, 0.29) is 18.7 Å². The topological polar surface area (TPSA) is 40.5 Å². The highest BCUT2D eigenvalue weighted by Gasteiger charge is 2.33. The van der Waals surface area contributed by atoms with Crippen LogP contribution in [0, 0.1) is 11.8 Å². The zero-order valence-electron chi connectivity index (χ0n) is 11.5. The lowest BCUT2D eigenvalue weighted by molar-refractivity contribution is -0.140. The molecule has 1 aromatic heterocycles. The van der Waals surface area contributed by atoms with E-state index in [9.17, 15) is 18.0 Å². The van der Waals surface area contributed by atoms with Gasteiger partial charge in [0.15, 0.2) is 0 Å². The summed E-state index contributed by atoms with van der Waals surface area (Å²) >= 11 is 1.20. The molecule has 21 heavy (non-hydrogen) atoms. The van der Waals surface area contributed by atoms with Crippen LogP contribution in [0.1, 0.15) is 35.0 Å². The molecule has 116 valence electrons. The monoisotopic (exact) mass is 319 g/mol. The number of carbonyl (C=O) groups excluding carboxylic acids is 1. The van der Waals surface area contributed by atoms with Crippen LogP contribution in [0.3, 0.4) is 0 Å². The van der Waals surface area contributed by atoms with Gasteiger partial charge in [0.2, 0.25) is 0 Å². The van der Waals surface area contributed by atoms with Gasteiger partial charge in [0.25, 0.3) is 5.91 Å². The number of thiophene rings is 1. The smallest absolute Gasteiger partial charge is 0.395 e. The second-order valence-corrected chi connectivity index (χ2v) is 5.23. The van der Waals surface area contributed by atoms with Gasteiger partial charge in [-0.3, -0.25) is 4.79 Å². The zero-order valence-corrected chi connectivity index (χ0v) is 12.4. The van der Waals surface area contributed by atoms with Crippen molar-refractivity contribution in [3.63, 3.8) is 0 Å². The Morgan fingerprint density at radius 3 is 2.76 bits per heavy atom. The van der Waals surface area contributed by atoms with E-state index in [1.54, 1.807) is 6.92 Å². The molecule has 0 unspecified atom stereocenters. The third-order valence-electron chi connectivity index (χ3n) is 2.45. The van der Waals surface area contributed by atoms with Crippen LogP contribution in [-0.2, 0) is 0 Å². The number of hydrogen-bond acceptors (Lipinski definition) is 3. The maximum atomic E-state index is 12.5. The molecule has 0 spiro atoms. The maximum absolute atomic E-state index is 12.5. The number of halogens is 3. The summed E-state index contributed by atoms with van der Waals surface area (Å²) < 4.78 is 37.4. The molecular weight excluding hydrogens is 303 g/mol. The summed E-state index contributed by atoms with van der Waals surface area (Å²) in [5, 5.41) is 10.1. The average Bonchev–Trinajstić information content (AvgIpc) is 2.85. The summed E-state index contributed by atoms with van der Waals surface area (Å²) in [6.07, 6.45) is -3.64. The number of rotatable bonds is 5. The first-order valence-electron chi connectivity index (χ1n) is 6.41. The van der Waals surface area contributed by atoms with Crippen LogP contribution in [-0.4, -0.2) is 41.8 Å². The summed E-state index contributed by atoms with van der Waals surface area (Å²) in [7, 11) is 0. The predicted molar refractivity (Wildman–Crippen MR) is 75.1 cm³/mol. The molecule has 0 saturated carbocycles. The SMILES string of the molecule is CCCN(CC(F)(F)F)C(=O)c1csc(C#CCCO)c1. The highest BCUT2D eigenvalue weighted by atomic mass is 32.1. The Kier molecular flexibility index (Phi) is 6.72. The average molecular weight is 319 g/mol. The lowest BCUT2D eigenvalue weighted by atomic mass is 10.2. The standard InChI is InChI=1S/C14H16F3NO2S/c1-2-6-18(10-14(15,16)17)13(20)11-8-12(21-9-11)5-3-4-7-19/h8-9,19H,2,4,6-7,10H2,1H3. The van der Waals surface area contributed by atoms with Crippen molar-refractivity contribution in [1.29, 1.82) is 0 Å². The van der Waals surface area contributed by atoms with E-state index in [1.807, 2.05) is 0 Å². The highest BCUT2D eigenvalue weighted by molar-refractivity contribution is 7.10. The van der Waals surface area contributed by atoms with Gasteiger partial charge < -0.3 is 10.0 Å². The molecule has 1 aromatic rings. The fourth-order valence-electron chi connectivity index (χ4n) is 1.64. The fourth-order valence-corrected chi connectivity index (χ4v) is 2.39. The zero-order chi connectivity index (χ0) is 15.9. The minimum atomic E-state index is -4.41. The number of carbonyl (C=O) groups is 1. The van der Waals surface area contributed by atoms with Gasteiger partial charge in [-0.15, -0.1) is 11.3 Å². The highest BCUT2D eigenvalue weighted by Crippen LogP contribution is 2.20. The summed E-state index contributed by atoms with van der Waals surface area (Å²) in [6.45, 7) is 0.469. The summed E-state index contributed by atoms with van der Waals surface area (Å²) in [6, 6.07) is 1.48. The molecule has 1 heterocycles. The number of aliphatic hydroxyl groups is 1. The normalized spacial score (nSPS) is 10.9. The predicted octanol–water partition coefficient (Wildman–Crippen LogP) is 2.90. The van der Waals surface area contributed by atoms with Crippen LogP contribution in [0.2, 0.25) is 0 Å². The van der Waals surface area contributed by atoms with Gasteiger partial charge in [0.1, 0.15) is 6.54 Å². The Morgan fingerprint density at radius 1 is 1.48 bits per heavy atom. The van der Waals surface area contributed by atoms with Crippen molar-refractivity contribution in [3.05, 3.63) is 21.9 Å². The van der Waals surface area contributed by atoms with E-state index in [0.717, 1.165) is 4.90 Å². The molecule has 0 atom stereocenters. The Balaban J connectivity index is 2.82. The lowest BCUT2D eigenvalue weighted by Gasteiger charge is -2.22. The molecule has 0 aliphatic carbocycles. The first-order valence-corrected chi connectivity index (χ1v) is 7.29. The van der Waals surface area contributed by atoms with E-state index in [0.29, 0.717) is 17.7 Å². The van der Waals surface area contributed by atoms with Crippen molar-refractivity contribution in [2.45, 2.75) is 25.9 Å². The lowest BCUT2D eigenvalue weighted by Crippen LogP contribution is -2.39. The molecule has 3 nitrogen and oxygen atoms in total. The van der Waals surface area contributed by atoms with E-state index in [1.165, 1.54) is 22.8 Å². The summed E-state index contributed by atoms with van der Waals surface area (Å²) in [4.78, 5) is 13.5. The van der Waals surface area contributed by atoms with Gasteiger partial charge in [-0.2, -0.15) is 13.2 Å². The number of hydrogen-bond donors (Lipinski definition) is 1. The quantitative estimate of drug-likeness (QED) is 0.848. The maximum Gasteiger partial charge on any atom is 0.406 e. The van der Waals surface area contributed by atoms with Gasteiger partial charge in [-0.1, -0.05) is 18.8 Å². The van der Waals surface area contributed by atoms with E-state index in [2.05, 4.69) is 11.8 Å². The molecule has 0 saturated heterocycles. The van der Waals surface area contributed by atoms with E-state index < -0.39 is 18.6 Å². The van der Waals surface area contributed by atoms with Crippen molar-refractivity contribution in [1.82, 2.24) is 4.90 Å². The molecule has 0 aliphatic rings. The largest absolute Gasteiger partial charge is 0.406 e. The molecule has 1 N–H and O–H groups in total. The van der Waals surface area contributed by atoms with Crippen LogP contribution in [0.25, 0.3) is 0 Å². The van der Waals surface area contributed by atoms with E-state index in [4.69, 9.17) is 5.11 Å². The molecule has 7 heteroatoms. The molecule has 0 aromatic carbocycles. The van der Waals surface area contributed by atoms with Crippen molar-refractivity contribution in [2.75, 3.05) is 19.7 Å². The summed E-state index contributed by atoms with van der Waals surface area (Å²) in [5.41, 5.74) is 0.214. The third-order valence-corrected chi connectivity index (χ3v) is 3.29. The fraction of sp³-hybridized carbons (Fsp3) is 0.500. The Bertz CT molecular complexity index is 528. The second-order valence-electron chi connectivity index (χ2n) is 4.32. The van der Waals surface area contributed by atoms with Gasteiger partial charge in [-0.25, -0.2) is 0 Å². The Hall–Kier alpha value is -1.52. The van der Waals surface area contributed by atoms with Crippen LogP contribution < -0.4 is 0 Å². The van der Waals surface area contributed by atoms with Crippen LogP contribution >= 0.6 is 11.3 Å². The molecular formula is C14H16F3NO2S. The van der Waals surface area contributed by atoms with Crippen molar-refractivity contribution >= 4 is 17.2 Å². The van der Waals surface area contributed by atoms with Gasteiger partial charge in [0.05, 0.1) is 17.0 Å². The minimum absolute atomic E-state index is 0.0553.